The highest BCUT2D eigenvalue weighted by Gasteiger charge is 2.25. The normalized spacial score (nSPS) is 13.9. The number of allylic oxidation sites excluding steroid dienone is 2. The first kappa shape index (κ1) is 13.4. The van der Waals surface area contributed by atoms with Crippen molar-refractivity contribution in [2.24, 2.45) is 10.7 Å². The van der Waals surface area contributed by atoms with Crippen molar-refractivity contribution in [3.8, 4) is 0 Å². The van der Waals surface area contributed by atoms with Crippen molar-refractivity contribution in [1.82, 2.24) is 0 Å². The minimum absolute atomic E-state index is 0.448. The second-order valence-corrected chi connectivity index (χ2v) is 3.96. The maximum atomic E-state index is 12.9. The van der Waals surface area contributed by atoms with Gasteiger partial charge in [0.05, 0.1) is 11.4 Å². The maximum Gasteiger partial charge on any atom is 0.284 e. The van der Waals surface area contributed by atoms with Crippen molar-refractivity contribution < 1.29 is 8.78 Å². The van der Waals surface area contributed by atoms with Crippen molar-refractivity contribution in [2.75, 3.05) is 7.05 Å². The van der Waals surface area contributed by atoms with E-state index in [2.05, 4.69) is 4.99 Å². The predicted molar refractivity (Wildman–Crippen MR) is 66.5 cm³/mol. The molecule has 0 fully saturated rings. The zero-order valence-electron chi connectivity index (χ0n) is 10.2. The molecule has 0 heterocycles. The molecule has 0 aromatic heterocycles. The summed E-state index contributed by atoms with van der Waals surface area (Å²) in [5.41, 5.74) is 7.15. The van der Waals surface area contributed by atoms with Gasteiger partial charge in [-0.25, -0.2) is 8.78 Å². The lowest BCUT2D eigenvalue weighted by atomic mass is 10.1. The van der Waals surface area contributed by atoms with Gasteiger partial charge in [0.2, 0.25) is 0 Å². The Hall–Kier alpha value is -1.71. The SMILES string of the molecule is CN=C(/C=C(\N)C(C)(F)F)c1ccc(C)cc1. The third-order valence-corrected chi connectivity index (χ3v) is 2.39. The fourth-order valence-corrected chi connectivity index (χ4v) is 1.28. The van der Waals surface area contributed by atoms with E-state index in [9.17, 15) is 8.78 Å². The average molecular weight is 238 g/mol. The summed E-state index contributed by atoms with van der Waals surface area (Å²) in [6.45, 7) is 2.72. The second kappa shape index (κ2) is 5.08. The van der Waals surface area contributed by atoms with Gasteiger partial charge in [-0.15, -0.1) is 0 Å². The highest BCUT2D eigenvalue weighted by Crippen LogP contribution is 2.19. The number of hydrogen-bond donors (Lipinski definition) is 1. The van der Waals surface area contributed by atoms with Crippen LogP contribution >= 0.6 is 0 Å². The van der Waals surface area contributed by atoms with Gasteiger partial charge in [0.1, 0.15) is 0 Å². The number of rotatable bonds is 3. The van der Waals surface area contributed by atoms with Crippen LogP contribution in [0.2, 0.25) is 0 Å². The molecule has 0 bridgehead atoms. The monoisotopic (exact) mass is 238 g/mol. The van der Waals surface area contributed by atoms with Crippen LogP contribution in [0.5, 0.6) is 0 Å². The number of nitrogens with zero attached hydrogens (tertiary/aromatic N) is 1. The van der Waals surface area contributed by atoms with Crippen LogP contribution in [0.3, 0.4) is 0 Å². The predicted octanol–water partition coefficient (Wildman–Crippen LogP) is 2.91. The molecule has 1 rings (SSSR count). The number of hydrogen-bond acceptors (Lipinski definition) is 2. The zero-order chi connectivity index (χ0) is 13.1. The van der Waals surface area contributed by atoms with Crippen LogP contribution in [-0.4, -0.2) is 18.7 Å². The van der Waals surface area contributed by atoms with Crippen molar-refractivity contribution in [3.63, 3.8) is 0 Å². The molecule has 0 spiro atoms. The molecule has 0 aliphatic heterocycles. The van der Waals surface area contributed by atoms with Gasteiger partial charge in [-0.1, -0.05) is 29.8 Å². The van der Waals surface area contributed by atoms with Crippen LogP contribution in [0, 0.1) is 6.92 Å². The summed E-state index contributed by atoms with van der Waals surface area (Å²) in [4.78, 5) is 3.97. The largest absolute Gasteiger partial charge is 0.397 e. The first-order valence-electron chi connectivity index (χ1n) is 5.24. The van der Waals surface area contributed by atoms with Gasteiger partial charge in [0, 0.05) is 14.0 Å². The number of alkyl halides is 2. The molecule has 0 unspecified atom stereocenters. The molecular formula is C13H16F2N2. The molecule has 0 aliphatic rings. The number of halogens is 2. The number of aryl methyl sites for hydroxylation is 1. The van der Waals surface area contributed by atoms with Gasteiger partial charge in [-0.3, -0.25) is 4.99 Å². The Labute approximate surface area is 99.9 Å². The van der Waals surface area contributed by atoms with Gasteiger partial charge in [0.25, 0.3) is 5.92 Å². The molecule has 0 saturated heterocycles. The van der Waals surface area contributed by atoms with Gasteiger partial charge in [-0.05, 0) is 18.6 Å². The van der Waals surface area contributed by atoms with E-state index in [1.807, 2.05) is 31.2 Å². The minimum atomic E-state index is -3.03. The molecule has 17 heavy (non-hydrogen) atoms. The average Bonchev–Trinajstić information content (AvgIpc) is 2.25. The third kappa shape index (κ3) is 3.66. The van der Waals surface area contributed by atoms with Crippen molar-refractivity contribution in [3.05, 3.63) is 47.2 Å². The van der Waals surface area contributed by atoms with E-state index in [1.165, 1.54) is 6.08 Å². The molecule has 0 atom stereocenters. The lowest BCUT2D eigenvalue weighted by molar-refractivity contribution is 0.0619. The van der Waals surface area contributed by atoms with E-state index in [4.69, 9.17) is 5.73 Å². The summed E-state index contributed by atoms with van der Waals surface area (Å²) >= 11 is 0. The van der Waals surface area contributed by atoms with Crippen LogP contribution < -0.4 is 5.73 Å². The summed E-state index contributed by atoms with van der Waals surface area (Å²) in [5, 5.41) is 0. The van der Waals surface area contributed by atoms with E-state index >= 15 is 0 Å². The molecule has 1 aromatic carbocycles. The molecule has 4 heteroatoms. The van der Waals surface area contributed by atoms with Gasteiger partial charge < -0.3 is 5.73 Å². The number of benzene rings is 1. The third-order valence-electron chi connectivity index (χ3n) is 2.39. The maximum absolute atomic E-state index is 12.9. The molecule has 0 radical (unpaired) electrons. The molecule has 2 nitrogen and oxygen atoms in total. The summed E-state index contributed by atoms with van der Waals surface area (Å²) in [5.74, 6) is -3.03. The molecule has 2 N–H and O–H groups in total. The smallest absolute Gasteiger partial charge is 0.284 e. The van der Waals surface area contributed by atoms with E-state index < -0.39 is 11.6 Å². The fourth-order valence-electron chi connectivity index (χ4n) is 1.28. The Bertz CT molecular complexity index is 439. The number of aliphatic imine (C=N–C) groups is 1. The van der Waals surface area contributed by atoms with Crippen LogP contribution in [0.1, 0.15) is 18.1 Å². The minimum Gasteiger partial charge on any atom is -0.397 e. The summed E-state index contributed by atoms with van der Waals surface area (Å²) < 4.78 is 25.9. The first-order valence-corrected chi connectivity index (χ1v) is 5.24. The Kier molecular flexibility index (Phi) is 3.99. The van der Waals surface area contributed by atoms with E-state index in [0.29, 0.717) is 5.71 Å². The van der Waals surface area contributed by atoms with Crippen LogP contribution in [0.25, 0.3) is 0 Å². The molecule has 92 valence electrons. The van der Waals surface area contributed by atoms with Crippen molar-refractivity contribution >= 4 is 5.71 Å². The lowest BCUT2D eigenvalue weighted by Gasteiger charge is -2.11. The lowest BCUT2D eigenvalue weighted by Crippen LogP contribution is -2.22. The Balaban J connectivity index is 3.07. The zero-order valence-corrected chi connectivity index (χ0v) is 10.2. The standard InChI is InChI=1S/C13H16F2N2/c1-9-4-6-10(7-5-9)11(17-3)8-12(16)13(2,14)15/h4-8H,16H2,1-3H3/b12-8-,17-11?. The van der Waals surface area contributed by atoms with Crippen molar-refractivity contribution in [2.45, 2.75) is 19.8 Å². The second-order valence-electron chi connectivity index (χ2n) is 3.96. The Morgan fingerprint density at radius 2 is 1.82 bits per heavy atom. The fraction of sp³-hybridized carbons (Fsp3) is 0.308. The Morgan fingerprint density at radius 3 is 2.24 bits per heavy atom. The molecular weight excluding hydrogens is 222 g/mol. The molecule has 0 amide bonds. The van der Waals surface area contributed by atoms with Crippen LogP contribution in [0.4, 0.5) is 8.78 Å². The van der Waals surface area contributed by atoms with Crippen LogP contribution in [0.15, 0.2) is 41.0 Å². The topological polar surface area (TPSA) is 38.4 Å². The Morgan fingerprint density at radius 1 is 1.29 bits per heavy atom. The first-order chi connectivity index (χ1) is 7.84. The van der Waals surface area contributed by atoms with E-state index in [-0.39, 0.29) is 0 Å². The van der Waals surface area contributed by atoms with Gasteiger partial charge >= 0.3 is 0 Å². The van der Waals surface area contributed by atoms with E-state index in [0.717, 1.165) is 18.1 Å². The molecule has 0 saturated carbocycles. The molecule has 1 aromatic rings. The highest BCUT2D eigenvalue weighted by molar-refractivity contribution is 6.09. The van der Waals surface area contributed by atoms with Gasteiger partial charge in [0.15, 0.2) is 0 Å². The van der Waals surface area contributed by atoms with E-state index in [1.54, 1.807) is 7.05 Å². The summed E-state index contributed by atoms with van der Waals surface area (Å²) in [7, 11) is 1.55. The number of nitrogens with two attached hydrogens (primary N) is 1. The van der Waals surface area contributed by atoms with Crippen molar-refractivity contribution in [1.29, 1.82) is 0 Å². The summed E-state index contributed by atoms with van der Waals surface area (Å²) in [6.07, 6.45) is 1.21. The highest BCUT2D eigenvalue weighted by atomic mass is 19.3. The molecule has 0 aliphatic carbocycles. The quantitative estimate of drug-likeness (QED) is 0.808. The van der Waals surface area contributed by atoms with Crippen LogP contribution in [-0.2, 0) is 0 Å². The summed E-state index contributed by atoms with van der Waals surface area (Å²) in [6, 6.07) is 7.45. The van der Waals surface area contributed by atoms with Gasteiger partial charge in [-0.2, -0.15) is 0 Å².